The highest BCUT2D eigenvalue weighted by Crippen LogP contribution is 2.20. The number of hydroxylamine groups is 1. The smallest absolute Gasteiger partial charge is 0.276 e. The lowest BCUT2D eigenvalue weighted by Gasteiger charge is -2.33. The molecule has 0 saturated carbocycles. The molecule has 31 heavy (non-hydrogen) atoms. The number of pyridine rings is 1. The number of carbonyl (C=O) groups excluding carboxylic acids is 1. The molecule has 0 spiro atoms. The zero-order chi connectivity index (χ0) is 21.8. The molecule has 1 aromatic heterocycles. The summed E-state index contributed by atoms with van der Waals surface area (Å²) in [5.74, 6) is 0.00202. The Bertz CT molecular complexity index is 1180. The summed E-state index contributed by atoms with van der Waals surface area (Å²) < 4.78 is 33.8. The minimum Gasteiger partial charge on any atom is -0.373 e. The van der Waals surface area contributed by atoms with E-state index in [0.29, 0.717) is 25.5 Å². The summed E-state index contributed by atoms with van der Waals surface area (Å²) in [6.45, 7) is 1.57. The quantitative estimate of drug-likeness (QED) is 0.391. The van der Waals surface area contributed by atoms with Gasteiger partial charge in [0.05, 0.1) is 23.2 Å². The summed E-state index contributed by atoms with van der Waals surface area (Å²) in [6.07, 6.45) is 1.01. The number of ether oxygens (including phenoxy) is 1. The predicted molar refractivity (Wildman–Crippen MR) is 115 cm³/mol. The molecule has 1 aliphatic rings. The summed E-state index contributed by atoms with van der Waals surface area (Å²) >= 11 is 0. The first-order valence-electron chi connectivity index (χ1n) is 9.72. The number of nitrogens with one attached hydrogen (secondary N) is 2. The highest BCUT2D eigenvalue weighted by atomic mass is 32.2. The lowest BCUT2D eigenvalue weighted by atomic mass is 10.1. The second kappa shape index (κ2) is 8.98. The molecule has 2 heterocycles. The number of hydrogen-bond donors (Lipinski definition) is 3. The normalized spacial score (nSPS) is 16.9. The zero-order valence-corrected chi connectivity index (χ0v) is 17.4. The minimum absolute atomic E-state index is 0.122. The average Bonchev–Trinajstić information content (AvgIpc) is 2.82. The van der Waals surface area contributed by atoms with E-state index in [9.17, 15) is 13.2 Å². The Morgan fingerprint density at radius 1 is 1.16 bits per heavy atom. The van der Waals surface area contributed by atoms with Crippen molar-refractivity contribution in [1.82, 2.24) is 15.2 Å². The fraction of sp³-hybridized carbons (Fsp3) is 0.238. The number of nitrogens with zero attached hydrogens (tertiary/aromatic N) is 2. The molecule has 1 amide bonds. The zero-order valence-electron chi connectivity index (χ0n) is 16.6. The molecule has 0 bridgehead atoms. The van der Waals surface area contributed by atoms with E-state index in [0.717, 1.165) is 10.8 Å². The van der Waals surface area contributed by atoms with E-state index in [1.54, 1.807) is 35.8 Å². The van der Waals surface area contributed by atoms with Gasteiger partial charge in [-0.2, -0.15) is 0 Å². The molecule has 1 aliphatic heterocycles. The van der Waals surface area contributed by atoms with Crippen LogP contribution in [0.15, 0.2) is 65.7 Å². The number of benzene rings is 2. The molecule has 10 heteroatoms. The van der Waals surface area contributed by atoms with Gasteiger partial charge in [-0.15, -0.1) is 0 Å². The van der Waals surface area contributed by atoms with E-state index in [-0.39, 0.29) is 23.1 Å². The van der Waals surface area contributed by atoms with Crippen molar-refractivity contribution < 1.29 is 23.2 Å². The van der Waals surface area contributed by atoms with Crippen LogP contribution in [0.2, 0.25) is 0 Å². The molecule has 1 atom stereocenters. The maximum atomic E-state index is 12.7. The number of hydrogen-bond acceptors (Lipinski definition) is 7. The van der Waals surface area contributed by atoms with Crippen molar-refractivity contribution in [1.29, 1.82) is 0 Å². The standard InChI is InChI=1S/C21H22N4O5S/c26-21(24-27)17-6-8-20(22-12-17)25-9-10-30-18(14-25)13-23-31(28,29)19-7-5-15-3-1-2-4-16(15)11-19/h1-8,11-12,18,23,27H,9-10,13-14H2,(H,24,26). The monoisotopic (exact) mass is 442 g/mol. The van der Waals surface area contributed by atoms with Gasteiger partial charge in [0.15, 0.2) is 0 Å². The fourth-order valence-corrected chi connectivity index (χ4v) is 4.54. The van der Waals surface area contributed by atoms with E-state index in [1.165, 1.54) is 6.20 Å². The van der Waals surface area contributed by atoms with Crippen LogP contribution in [-0.2, 0) is 14.8 Å². The molecule has 3 aromatic rings. The van der Waals surface area contributed by atoms with E-state index >= 15 is 0 Å². The van der Waals surface area contributed by atoms with E-state index in [1.807, 2.05) is 29.2 Å². The van der Waals surface area contributed by atoms with Crippen molar-refractivity contribution in [3.8, 4) is 0 Å². The van der Waals surface area contributed by atoms with Gasteiger partial charge in [0.1, 0.15) is 5.82 Å². The number of sulfonamides is 1. The highest BCUT2D eigenvalue weighted by molar-refractivity contribution is 7.89. The summed E-state index contributed by atoms with van der Waals surface area (Å²) in [5, 5.41) is 10.5. The van der Waals surface area contributed by atoms with Gasteiger partial charge in [-0.05, 0) is 35.0 Å². The van der Waals surface area contributed by atoms with Crippen molar-refractivity contribution in [2.24, 2.45) is 0 Å². The van der Waals surface area contributed by atoms with Gasteiger partial charge in [-0.25, -0.2) is 23.6 Å². The van der Waals surface area contributed by atoms with Crippen LogP contribution in [0, 0.1) is 0 Å². The van der Waals surface area contributed by atoms with Gasteiger partial charge in [0.25, 0.3) is 5.91 Å². The van der Waals surface area contributed by atoms with Crippen molar-refractivity contribution in [2.45, 2.75) is 11.0 Å². The lowest BCUT2D eigenvalue weighted by molar-refractivity contribution is 0.0439. The molecule has 3 N–H and O–H groups in total. The van der Waals surface area contributed by atoms with E-state index in [2.05, 4.69) is 9.71 Å². The number of aromatic nitrogens is 1. The molecule has 4 rings (SSSR count). The number of anilines is 1. The van der Waals surface area contributed by atoms with Crippen LogP contribution in [0.3, 0.4) is 0 Å². The van der Waals surface area contributed by atoms with Gasteiger partial charge in [-0.1, -0.05) is 30.3 Å². The number of amides is 1. The summed E-state index contributed by atoms with van der Waals surface area (Å²) in [4.78, 5) is 17.8. The number of fused-ring (bicyclic) bond motifs is 1. The van der Waals surface area contributed by atoms with Crippen molar-refractivity contribution in [3.05, 3.63) is 66.4 Å². The van der Waals surface area contributed by atoms with Crippen LogP contribution in [0.1, 0.15) is 10.4 Å². The second-order valence-electron chi connectivity index (χ2n) is 7.15. The van der Waals surface area contributed by atoms with E-state index in [4.69, 9.17) is 9.94 Å². The Labute approximate surface area is 179 Å². The number of carbonyl (C=O) groups is 1. The Balaban J connectivity index is 1.40. The van der Waals surface area contributed by atoms with Crippen molar-refractivity contribution in [2.75, 3.05) is 31.1 Å². The fourth-order valence-electron chi connectivity index (χ4n) is 3.44. The van der Waals surface area contributed by atoms with Crippen LogP contribution in [0.5, 0.6) is 0 Å². The maximum absolute atomic E-state index is 12.7. The van der Waals surface area contributed by atoms with Gasteiger partial charge in [0, 0.05) is 25.8 Å². The minimum atomic E-state index is -3.68. The second-order valence-corrected chi connectivity index (χ2v) is 8.91. The highest BCUT2D eigenvalue weighted by Gasteiger charge is 2.24. The Morgan fingerprint density at radius 2 is 1.97 bits per heavy atom. The van der Waals surface area contributed by atoms with Gasteiger partial charge in [0.2, 0.25) is 10.0 Å². The van der Waals surface area contributed by atoms with Crippen LogP contribution in [0.25, 0.3) is 10.8 Å². The van der Waals surface area contributed by atoms with Gasteiger partial charge >= 0.3 is 0 Å². The molecule has 1 saturated heterocycles. The van der Waals surface area contributed by atoms with Gasteiger partial charge in [-0.3, -0.25) is 10.0 Å². The SMILES string of the molecule is O=C(NO)c1ccc(N2CCOC(CNS(=O)(=O)c3ccc4ccccc4c3)C2)nc1. The first-order valence-corrected chi connectivity index (χ1v) is 11.2. The Kier molecular flexibility index (Phi) is 6.14. The molecule has 162 valence electrons. The molecule has 1 unspecified atom stereocenters. The Hall–Kier alpha value is -3.05. The number of rotatable bonds is 6. The molecule has 0 aliphatic carbocycles. The van der Waals surface area contributed by atoms with E-state index < -0.39 is 15.9 Å². The first-order chi connectivity index (χ1) is 15.0. The average molecular weight is 442 g/mol. The molecule has 0 radical (unpaired) electrons. The molecule has 2 aromatic carbocycles. The third kappa shape index (κ3) is 4.83. The lowest BCUT2D eigenvalue weighted by Crippen LogP contribution is -2.47. The van der Waals surface area contributed by atoms with Gasteiger partial charge < -0.3 is 9.64 Å². The molecule has 1 fully saturated rings. The first kappa shape index (κ1) is 21.2. The maximum Gasteiger partial charge on any atom is 0.276 e. The largest absolute Gasteiger partial charge is 0.373 e. The number of morpholine rings is 1. The topological polar surface area (TPSA) is 121 Å². The van der Waals surface area contributed by atoms with Crippen LogP contribution in [-0.4, -0.2) is 56.9 Å². The molecule has 9 nitrogen and oxygen atoms in total. The van der Waals surface area contributed by atoms with Crippen molar-refractivity contribution in [3.63, 3.8) is 0 Å². The van der Waals surface area contributed by atoms with Crippen LogP contribution in [0.4, 0.5) is 5.82 Å². The summed E-state index contributed by atoms with van der Waals surface area (Å²) in [5.41, 5.74) is 1.80. The molecular weight excluding hydrogens is 420 g/mol. The summed E-state index contributed by atoms with van der Waals surface area (Å²) in [6, 6.07) is 15.8. The Morgan fingerprint density at radius 3 is 2.71 bits per heavy atom. The van der Waals surface area contributed by atoms with Crippen molar-refractivity contribution >= 4 is 32.5 Å². The summed E-state index contributed by atoms with van der Waals surface area (Å²) in [7, 11) is -3.68. The van der Waals surface area contributed by atoms with Crippen LogP contribution < -0.4 is 15.1 Å². The predicted octanol–water partition coefficient (Wildman–Crippen LogP) is 1.54. The van der Waals surface area contributed by atoms with Crippen LogP contribution >= 0.6 is 0 Å². The third-order valence-electron chi connectivity index (χ3n) is 5.11. The molecular formula is C21H22N4O5S. The third-order valence-corrected chi connectivity index (χ3v) is 6.53.